The third-order valence-electron chi connectivity index (χ3n) is 6.66. The number of ether oxygens (including phenoxy) is 2. The van der Waals surface area contributed by atoms with Crippen molar-refractivity contribution in [1.82, 2.24) is 0 Å². The molecule has 1 heterocycles. The molecule has 0 N–H and O–H groups in total. The summed E-state index contributed by atoms with van der Waals surface area (Å²) in [6.07, 6.45) is 1.69. The van der Waals surface area contributed by atoms with E-state index in [0.29, 0.717) is 26.1 Å². The van der Waals surface area contributed by atoms with Crippen molar-refractivity contribution in [2.45, 2.75) is 62.6 Å². The lowest BCUT2D eigenvalue weighted by Gasteiger charge is -2.59. The van der Waals surface area contributed by atoms with Crippen molar-refractivity contribution < 1.29 is 35.2 Å². The Morgan fingerprint density at radius 1 is 1.21 bits per heavy atom. The van der Waals surface area contributed by atoms with Crippen LogP contribution in [0.2, 0.25) is 0 Å². The van der Waals surface area contributed by atoms with Gasteiger partial charge in [0.15, 0.2) is 6.29 Å². The van der Waals surface area contributed by atoms with E-state index in [0.717, 1.165) is 0 Å². The van der Waals surface area contributed by atoms with E-state index in [2.05, 4.69) is 4.18 Å². The lowest BCUT2D eigenvalue weighted by atomic mass is 9.49. The largest absolute Gasteiger partial charge is 0.534 e. The first kappa shape index (κ1) is 23.4. The molecule has 1 saturated heterocycles. The quantitative estimate of drug-likeness (QED) is 0.329. The molecule has 0 aromatic rings. The van der Waals surface area contributed by atoms with Crippen LogP contribution >= 0.6 is 23.2 Å². The third kappa shape index (κ3) is 4.14. The van der Waals surface area contributed by atoms with E-state index in [4.69, 9.17) is 32.7 Å². The maximum Gasteiger partial charge on any atom is 0.534 e. The van der Waals surface area contributed by atoms with E-state index in [1.165, 1.54) is 6.08 Å². The highest BCUT2D eigenvalue weighted by Crippen LogP contribution is 2.63. The highest BCUT2D eigenvalue weighted by molar-refractivity contribution is 7.87. The van der Waals surface area contributed by atoms with Crippen LogP contribution in [0.25, 0.3) is 0 Å². The monoisotopic (exact) mass is 480 g/mol. The van der Waals surface area contributed by atoms with Gasteiger partial charge in [-0.1, -0.05) is 20.8 Å². The molecular weight excluding hydrogens is 456 g/mol. The third-order valence-corrected chi connectivity index (χ3v) is 9.04. The molecule has 0 bridgehead atoms. The summed E-state index contributed by atoms with van der Waals surface area (Å²) in [6, 6.07) is 0. The maximum absolute atomic E-state index is 13.0. The number of allylic oxidation sites excluding steroid dienone is 2. The van der Waals surface area contributed by atoms with Gasteiger partial charge in [-0.3, -0.25) is 0 Å². The van der Waals surface area contributed by atoms with Gasteiger partial charge >= 0.3 is 15.6 Å². The van der Waals surface area contributed by atoms with Crippen LogP contribution in [0.5, 0.6) is 0 Å². The van der Waals surface area contributed by atoms with Gasteiger partial charge in [0, 0.05) is 12.3 Å². The molecular formula is C18H25Cl2F3O5S. The molecule has 0 radical (unpaired) electrons. The van der Waals surface area contributed by atoms with E-state index < -0.39 is 44.0 Å². The lowest BCUT2D eigenvalue weighted by Crippen LogP contribution is -2.57. The Morgan fingerprint density at radius 3 is 2.34 bits per heavy atom. The Balaban J connectivity index is 2.02. The van der Waals surface area contributed by atoms with Crippen LogP contribution in [0.3, 0.4) is 0 Å². The summed E-state index contributed by atoms with van der Waals surface area (Å²) in [7, 11) is -5.79. The maximum atomic E-state index is 13.0. The Labute approximate surface area is 179 Å². The number of fused-ring (bicyclic) bond motifs is 1. The van der Waals surface area contributed by atoms with E-state index in [1.807, 2.05) is 20.8 Å². The molecule has 2 fully saturated rings. The second-order valence-corrected chi connectivity index (χ2v) is 11.4. The summed E-state index contributed by atoms with van der Waals surface area (Å²) >= 11 is 13.1. The SMILES string of the molecule is CC1(C)[C@H](Cl)[C@@H](Cl)C[C@]2(C)[C@@H](CC3OCCO3)C(OS(=O)(=O)C(F)(F)F)=CC[C@@H]12. The zero-order valence-corrected chi connectivity index (χ0v) is 18.7. The van der Waals surface area contributed by atoms with Gasteiger partial charge in [-0.05, 0) is 35.7 Å². The topological polar surface area (TPSA) is 61.8 Å². The van der Waals surface area contributed by atoms with Gasteiger partial charge in [0.2, 0.25) is 0 Å². The normalized spacial score (nSPS) is 38.4. The molecule has 5 atom stereocenters. The number of alkyl halides is 5. The van der Waals surface area contributed by atoms with E-state index in [1.54, 1.807) is 0 Å². The predicted octanol–water partition coefficient (Wildman–Crippen LogP) is 4.79. The minimum Gasteiger partial charge on any atom is -0.381 e. The van der Waals surface area contributed by atoms with Crippen LogP contribution in [0.4, 0.5) is 13.2 Å². The molecule has 0 aromatic carbocycles. The summed E-state index contributed by atoms with van der Waals surface area (Å²) < 4.78 is 77.9. The smallest absolute Gasteiger partial charge is 0.381 e. The van der Waals surface area contributed by atoms with Gasteiger partial charge in [-0.15, -0.1) is 23.2 Å². The van der Waals surface area contributed by atoms with E-state index >= 15 is 0 Å². The molecule has 1 aliphatic heterocycles. The van der Waals surface area contributed by atoms with Crippen molar-refractivity contribution in [3.8, 4) is 0 Å². The molecule has 3 rings (SSSR count). The fraction of sp³-hybridized carbons (Fsp3) is 0.889. The molecule has 0 unspecified atom stereocenters. The Morgan fingerprint density at radius 2 is 1.79 bits per heavy atom. The molecule has 0 aromatic heterocycles. The Bertz CT molecular complexity index is 764. The minimum absolute atomic E-state index is 0.0418. The zero-order valence-electron chi connectivity index (χ0n) is 16.3. The van der Waals surface area contributed by atoms with Crippen molar-refractivity contribution in [3.05, 3.63) is 11.8 Å². The van der Waals surface area contributed by atoms with Gasteiger partial charge in [-0.25, -0.2) is 0 Å². The zero-order chi connectivity index (χ0) is 21.8. The van der Waals surface area contributed by atoms with Crippen molar-refractivity contribution in [2.75, 3.05) is 13.2 Å². The summed E-state index contributed by atoms with van der Waals surface area (Å²) in [5.74, 6) is -0.959. The van der Waals surface area contributed by atoms with Crippen LogP contribution in [-0.2, 0) is 23.8 Å². The van der Waals surface area contributed by atoms with Crippen molar-refractivity contribution in [1.29, 1.82) is 0 Å². The summed E-state index contributed by atoms with van der Waals surface area (Å²) in [4.78, 5) is 0. The first-order valence-electron chi connectivity index (χ1n) is 9.42. The second-order valence-electron chi connectivity index (χ2n) is 8.79. The average Bonchev–Trinajstić information content (AvgIpc) is 3.08. The van der Waals surface area contributed by atoms with Gasteiger partial charge in [0.05, 0.1) is 24.0 Å². The highest BCUT2D eigenvalue weighted by atomic mass is 35.5. The fourth-order valence-electron chi connectivity index (χ4n) is 5.22. The standard InChI is InChI=1S/C18H25Cl2F3O5S/c1-16(2)13-5-4-12(28-29(24,25)18(21,22)23)10(8-14-26-6-7-27-14)17(13,3)9-11(19)15(16)20/h4,10-11,13-15H,5-9H2,1-3H3/t10-,11-,13-,15+,17+/m0/s1. The molecule has 29 heavy (non-hydrogen) atoms. The molecule has 3 aliphatic rings. The average molecular weight is 481 g/mol. The van der Waals surface area contributed by atoms with Gasteiger partial charge < -0.3 is 13.7 Å². The Kier molecular flexibility index (Phi) is 6.25. The molecule has 0 amide bonds. The second kappa shape index (κ2) is 7.73. The molecule has 5 nitrogen and oxygen atoms in total. The first-order chi connectivity index (χ1) is 13.2. The summed E-state index contributed by atoms with van der Waals surface area (Å²) in [5, 5.41) is -0.768. The molecule has 11 heteroatoms. The molecule has 1 saturated carbocycles. The molecule has 2 aliphatic carbocycles. The van der Waals surface area contributed by atoms with Crippen LogP contribution in [0, 0.1) is 22.7 Å². The molecule has 0 spiro atoms. The Hall–Kier alpha value is -0.220. The number of halogens is 5. The van der Waals surface area contributed by atoms with Gasteiger partial charge in [0.1, 0.15) is 5.76 Å². The van der Waals surface area contributed by atoms with Crippen LogP contribution in [-0.4, -0.2) is 44.2 Å². The van der Waals surface area contributed by atoms with Crippen molar-refractivity contribution in [3.63, 3.8) is 0 Å². The fourth-order valence-corrected chi connectivity index (χ4v) is 6.65. The summed E-state index contributed by atoms with van der Waals surface area (Å²) in [6.45, 7) is 6.60. The number of hydrogen-bond donors (Lipinski definition) is 0. The highest BCUT2D eigenvalue weighted by Gasteiger charge is 2.60. The van der Waals surface area contributed by atoms with Crippen LogP contribution in [0.1, 0.15) is 40.0 Å². The molecule has 168 valence electrons. The van der Waals surface area contributed by atoms with E-state index in [9.17, 15) is 21.6 Å². The van der Waals surface area contributed by atoms with Crippen LogP contribution < -0.4 is 0 Å². The van der Waals surface area contributed by atoms with Crippen LogP contribution in [0.15, 0.2) is 11.8 Å². The number of rotatable bonds is 4. The predicted molar refractivity (Wildman–Crippen MR) is 102 cm³/mol. The van der Waals surface area contributed by atoms with Crippen molar-refractivity contribution >= 4 is 33.3 Å². The number of hydrogen-bond acceptors (Lipinski definition) is 5. The van der Waals surface area contributed by atoms with E-state index in [-0.39, 0.29) is 23.5 Å². The minimum atomic E-state index is -5.79. The first-order valence-corrected chi connectivity index (χ1v) is 11.7. The van der Waals surface area contributed by atoms with Gasteiger partial charge in [-0.2, -0.15) is 21.6 Å². The van der Waals surface area contributed by atoms with Crippen molar-refractivity contribution in [2.24, 2.45) is 22.7 Å². The van der Waals surface area contributed by atoms with Gasteiger partial charge in [0.25, 0.3) is 0 Å². The summed E-state index contributed by atoms with van der Waals surface area (Å²) in [5.41, 5.74) is -6.60. The lowest BCUT2D eigenvalue weighted by molar-refractivity contribution is -0.102.